The highest BCUT2D eigenvalue weighted by atomic mass is 32.2. The van der Waals surface area contributed by atoms with E-state index in [1.165, 1.54) is 24.3 Å². The molecule has 0 aromatic heterocycles. The van der Waals surface area contributed by atoms with Crippen LogP contribution in [-0.2, 0) is 22.9 Å². The lowest BCUT2D eigenvalue weighted by Gasteiger charge is -2.18. The quantitative estimate of drug-likeness (QED) is 0.814. The number of fused-ring (bicyclic) bond motifs is 1. The highest BCUT2D eigenvalue weighted by Crippen LogP contribution is 2.29. The Morgan fingerprint density at radius 3 is 2.30 bits per heavy atom. The SMILES string of the molecule is C[C@@H](N)Cc1ccccc1CC1=CC(=O)c2c(cccc2S(N)(=O)=O)C1=O. The fourth-order valence-electron chi connectivity index (χ4n) is 3.29. The molecular formula is C20H20N2O4S. The first-order valence-corrected chi connectivity index (χ1v) is 10.0. The van der Waals surface area contributed by atoms with Crippen molar-refractivity contribution < 1.29 is 18.0 Å². The van der Waals surface area contributed by atoms with Crippen LogP contribution in [0, 0.1) is 0 Å². The van der Waals surface area contributed by atoms with Crippen molar-refractivity contribution >= 4 is 21.6 Å². The van der Waals surface area contributed by atoms with Crippen molar-refractivity contribution in [3.8, 4) is 0 Å². The predicted molar refractivity (Wildman–Crippen MR) is 102 cm³/mol. The summed E-state index contributed by atoms with van der Waals surface area (Å²) in [6.07, 6.45) is 2.13. The van der Waals surface area contributed by atoms with E-state index in [0.717, 1.165) is 11.1 Å². The molecule has 0 aliphatic heterocycles. The number of hydrogen-bond acceptors (Lipinski definition) is 5. The second kappa shape index (κ2) is 7.19. The number of sulfonamides is 1. The average molecular weight is 384 g/mol. The molecule has 0 saturated carbocycles. The Kier molecular flexibility index (Phi) is 5.10. The summed E-state index contributed by atoms with van der Waals surface area (Å²) in [4.78, 5) is 25.2. The van der Waals surface area contributed by atoms with Crippen LogP contribution >= 0.6 is 0 Å². The molecule has 0 spiro atoms. The van der Waals surface area contributed by atoms with Gasteiger partial charge >= 0.3 is 0 Å². The fourth-order valence-corrected chi connectivity index (χ4v) is 4.06. The zero-order chi connectivity index (χ0) is 19.8. The molecule has 0 saturated heterocycles. The molecule has 0 unspecified atom stereocenters. The second-order valence-electron chi connectivity index (χ2n) is 6.71. The van der Waals surface area contributed by atoms with Gasteiger partial charge in [-0.15, -0.1) is 0 Å². The summed E-state index contributed by atoms with van der Waals surface area (Å²) in [6.45, 7) is 1.90. The molecule has 3 rings (SSSR count). The van der Waals surface area contributed by atoms with Gasteiger partial charge in [0.1, 0.15) is 0 Å². The van der Waals surface area contributed by atoms with E-state index < -0.39 is 15.8 Å². The number of Topliss-reactive ketones (excluding diaryl/α,β-unsaturated/α-hetero) is 1. The van der Waals surface area contributed by atoms with Crippen molar-refractivity contribution in [1.29, 1.82) is 0 Å². The fraction of sp³-hybridized carbons (Fsp3) is 0.200. The minimum absolute atomic E-state index is 0.0399. The number of benzene rings is 2. The van der Waals surface area contributed by atoms with E-state index in [1.54, 1.807) is 0 Å². The van der Waals surface area contributed by atoms with Crippen LogP contribution in [-0.4, -0.2) is 26.0 Å². The van der Waals surface area contributed by atoms with Gasteiger partial charge in [-0.2, -0.15) is 0 Å². The third kappa shape index (κ3) is 3.90. The van der Waals surface area contributed by atoms with Gasteiger partial charge in [0.2, 0.25) is 10.0 Å². The smallest absolute Gasteiger partial charge is 0.238 e. The van der Waals surface area contributed by atoms with E-state index in [-0.39, 0.29) is 34.3 Å². The largest absolute Gasteiger partial charge is 0.328 e. The Hall–Kier alpha value is -2.61. The molecule has 0 radical (unpaired) electrons. The monoisotopic (exact) mass is 384 g/mol. The van der Waals surface area contributed by atoms with Crippen LogP contribution < -0.4 is 10.9 Å². The summed E-state index contributed by atoms with van der Waals surface area (Å²) in [5.41, 5.74) is 8.04. The molecule has 1 atom stereocenters. The molecule has 7 heteroatoms. The second-order valence-corrected chi connectivity index (χ2v) is 8.24. The Bertz CT molecular complexity index is 1070. The van der Waals surface area contributed by atoms with E-state index in [1.807, 2.05) is 31.2 Å². The van der Waals surface area contributed by atoms with Gasteiger partial charge in [0.15, 0.2) is 11.6 Å². The summed E-state index contributed by atoms with van der Waals surface area (Å²) in [6, 6.07) is 11.7. The number of primary sulfonamides is 1. The summed E-state index contributed by atoms with van der Waals surface area (Å²) in [7, 11) is -4.11. The number of allylic oxidation sites excluding steroid dienone is 2. The maximum Gasteiger partial charge on any atom is 0.238 e. The van der Waals surface area contributed by atoms with Gasteiger partial charge < -0.3 is 5.73 Å². The molecule has 140 valence electrons. The van der Waals surface area contributed by atoms with Gasteiger partial charge in [-0.3, -0.25) is 9.59 Å². The zero-order valence-electron chi connectivity index (χ0n) is 14.8. The van der Waals surface area contributed by atoms with Gasteiger partial charge in [0, 0.05) is 23.6 Å². The van der Waals surface area contributed by atoms with Gasteiger partial charge in [-0.1, -0.05) is 36.4 Å². The third-order valence-corrected chi connectivity index (χ3v) is 5.42. The zero-order valence-corrected chi connectivity index (χ0v) is 15.6. The Labute approximate surface area is 157 Å². The van der Waals surface area contributed by atoms with Crippen LogP contribution in [0.1, 0.15) is 38.8 Å². The van der Waals surface area contributed by atoms with Crippen molar-refractivity contribution in [2.24, 2.45) is 10.9 Å². The van der Waals surface area contributed by atoms with Gasteiger partial charge in [0.25, 0.3) is 0 Å². The standard InChI is InChI=1S/C20H20N2O4S/c1-12(21)9-13-5-2-3-6-14(13)10-15-11-17(23)19-16(20(15)24)7-4-8-18(19)27(22,25)26/h2-8,11-12H,9-10,21H2,1H3,(H2,22,25,26)/t12-/m1/s1. The topological polar surface area (TPSA) is 120 Å². The number of ketones is 2. The van der Waals surface area contributed by atoms with Crippen LogP contribution in [0.3, 0.4) is 0 Å². The summed E-state index contributed by atoms with van der Waals surface area (Å²) in [5, 5.41) is 5.19. The predicted octanol–water partition coefficient (Wildman–Crippen LogP) is 1.77. The van der Waals surface area contributed by atoms with Crippen molar-refractivity contribution in [3.63, 3.8) is 0 Å². The summed E-state index contributed by atoms with van der Waals surface area (Å²) >= 11 is 0. The normalized spacial score (nSPS) is 15.3. The number of carbonyl (C=O) groups excluding carboxylic acids is 2. The molecule has 1 aliphatic carbocycles. The lowest BCUT2D eigenvalue weighted by atomic mass is 9.85. The van der Waals surface area contributed by atoms with Crippen LogP contribution in [0.15, 0.2) is 59.0 Å². The first kappa shape index (κ1) is 19.2. The molecule has 6 nitrogen and oxygen atoms in total. The first-order valence-electron chi connectivity index (χ1n) is 8.46. The maximum atomic E-state index is 12.9. The molecule has 0 heterocycles. The lowest BCUT2D eigenvalue weighted by Crippen LogP contribution is -2.24. The number of nitrogens with two attached hydrogens (primary N) is 2. The van der Waals surface area contributed by atoms with Crippen molar-refractivity contribution in [2.75, 3.05) is 0 Å². The van der Waals surface area contributed by atoms with Gasteiger partial charge in [-0.25, -0.2) is 13.6 Å². The number of hydrogen-bond donors (Lipinski definition) is 2. The van der Waals surface area contributed by atoms with Crippen LogP contribution in [0.2, 0.25) is 0 Å². The van der Waals surface area contributed by atoms with Gasteiger partial charge in [0.05, 0.1) is 10.5 Å². The minimum atomic E-state index is -4.11. The van der Waals surface area contributed by atoms with Crippen LogP contribution in [0.4, 0.5) is 0 Å². The van der Waals surface area contributed by atoms with Crippen LogP contribution in [0.25, 0.3) is 0 Å². The van der Waals surface area contributed by atoms with E-state index in [4.69, 9.17) is 10.9 Å². The number of rotatable bonds is 5. The average Bonchev–Trinajstić information content (AvgIpc) is 2.59. The highest BCUT2D eigenvalue weighted by Gasteiger charge is 2.30. The van der Waals surface area contributed by atoms with E-state index >= 15 is 0 Å². The molecule has 0 bridgehead atoms. The Morgan fingerprint density at radius 1 is 1.00 bits per heavy atom. The molecule has 1 aliphatic rings. The van der Waals surface area contributed by atoms with Crippen molar-refractivity contribution in [2.45, 2.75) is 30.7 Å². The van der Waals surface area contributed by atoms with Crippen molar-refractivity contribution in [3.05, 3.63) is 76.4 Å². The summed E-state index contributed by atoms with van der Waals surface area (Å²) < 4.78 is 23.5. The lowest BCUT2D eigenvalue weighted by molar-refractivity contribution is 0.0980. The Morgan fingerprint density at radius 2 is 1.67 bits per heavy atom. The van der Waals surface area contributed by atoms with E-state index in [2.05, 4.69) is 0 Å². The molecular weight excluding hydrogens is 364 g/mol. The van der Waals surface area contributed by atoms with E-state index in [0.29, 0.717) is 12.0 Å². The molecule has 0 amide bonds. The third-order valence-electron chi connectivity index (χ3n) is 4.46. The highest BCUT2D eigenvalue weighted by molar-refractivity contribution is 7.89. The van der Waals surface area contributed by atoms with Gasteiger partial charge in [-0.05, 0) is 36.6 Å². The molecule has 4 N–H and O–H groups in total. The molecule has 2 aromatic rings. The Balaban J connectivity index is 2.02. The first-order chi connectivity index (χ1) is 12.7. The van der Waals surface area contributed by atoms with Crippen molar-refractivity contribution in [1.82, 2.24) is 0 Å². The molecule has 0 fully saturated rings. The molecule has 27 heavy (non-hydrogen) atoms. The maximum absolute atomic E-state index is 12.9. The van der Waals surface area contributed by atoms with Crippen LogP contribution in [0.5, 0.6) is 0 Å². The molecule has 2 aromatic carbocycles. The summed E-state index contributed by atoms with van der Waals surface area (Å²) in [5.74, 6) is -0.903. The number of carbonyl (C=O) groups is 2. The van der Waals surface area contributed by atoms with E-state index in [9.17, 15) is 18.0 Å². The minimum Gasteiger partial charge on any atom is -0.328 e.